The number of hydrogen-bond acceptors (Lipinski definition) is 4. The summed E-state index contributed by atoms with van der Waals surface area (Å²) >= 11 is 3.48. The van der Waals surface area contributed by atoms with E-state index in [1.54, 1.807) is 36.5 Å². The van der Waals surface area contributed by atoms with E-state index in [0.717, 1.165) is 30.5 Å². The van der Waals surface area contributed by atoms with Gasteiger partial charge in [-0.1, -0.05) is 30.3 Å². The third-order valence-electron chi connectivity index (χ3n) is 5.62. The van der Waals surface area contributed by atoms with Crippen molar-refractivity contribution in [2.45, 2.75) is 17.9 Å². The highest BCUT2D eigenvalue weighted by atomic mass is 79.9. The SMILES string of the molecule is CN1CCc2ccc(-c3cc4c(Br)nccc4n3S(=O)(=O)c3ccccc3)cc2C1. The van der Waals surface area contributed by atoms with Gasteiger partial charge >= 0.3 is 0 Å². The van der Waals surface area contributed by atoms with Gasteiger partial charge in [0.25, 0.3) is 10.0 Å². The van der Waals surface area contributed by atoms with Crippen molar-refractivity contribution in [3.63, 3.8) is 0 Å². The molecule has 0 radical (unpaired) electrons. The predicted octanol–water partition coefficient (Wildman–Crippen LogP) is 4.69. The zero-order valence-electron chi connectivity index (χ0n) is 16.4. The maximum atomic E-state index is 13.7. The molecule has 1 aliphatic rings. The molecule has 2 aromatic carbocycles. The lowest BCUT2D eigenvalue weighted by atomic mass is 9.97. The lowest BCUT2D eigenvalue weighted by molar-refractivity contribution is 0.313. The first-order chi connectivity index (χ1) is 14.4. The fourth-order valence-electron chi connectivity index (χ4n) is 4.09. The van der Waals surface area contributed by atoms with Crippen LogP contribution < -0.4 is 0 Å². The van der Waals surface area contributed by atoms with Gasteiger partial charge in [-0.15, -0.1) is 0 Å². The van der Waals surface area contributed by atoms with E-state index in [9.17, 15) is 8.42 Å². The van der Waals surface area contributed by atoms with E-state index in [2.05, 4.69) is 45.0 Å². The van der Waals surface area contributed by atoms with Crippen LogP contribution >= 0.6 is 15.9 Å². The molecule has 3 heterocycles. The van der Waals surface area contributed by atoms with E-state index in [0.29, 0.717) is 15.8 Å². The van der Waals surface area contributed by atoms with Crippen molar-refractivity contribution in [1.29, 1.82) is 0 Å². The van der Waals surface area contributed by atoms with Crippen LogP contribution in [0.1, 0.15) is 11.1 Å². The molecule has 1 aliphatic heterocycles. The number of rotatable bonds is 3. The number of nitrogens with zero attached hydrogens (tertiary/aromatic N) is 3. The molecule has 0 atom stereocenters. The summed E-state index contributed by atoms with van der Waals surface area (Å²) in [6, 6.07) is 18.5. The maximum absolute atomic E-state index is 13.7. The minimum atomic E-state index is -3.79. The molecule has 0 fully saturated rings. The molecule has 0 unspecified atom stereocenters. The van der Waals surface area contributed by atoms with E-state index in [4.69, 9.17) is 0 Å². The summed E-state index contributed by atoms with van der Waals surface area (Å²) in [4.78, 5) is 6.83. The summed E-state index contributed by atoms with van der Waals surface area (Å²) in [5.41, 5.74) is 4.69. The molecule has 152 valence electrons. The van der Waals surface area contributed by atoms with Crippen LogP contribution in [0.25, 0.3) is 22.2 Å². The second-order valence-corrected chi connectivity index (χ2v) is 10.2. The Morgan fingerprint density at radius 1 is 1.00 bits per heavy atom. The Morgan fingerprint density at radius 2 is 1.80 bits per heavy atom. The highest BCUT2D eigenvalue weighted by Crippen LogP contribution is 2.36. The third kappa shape index (κ3) is 3.17. The monoisotopic (exact) mass is 481 g/mol. The molecule has 0 spiro atoms. The quantitative estimate of drug-likeness (QED) is 0.398. The highest BCUT2D eigenvalue weighted by Gasteiger charge is 2.25. The number of fused-ring (bicyclic) bond motifs is 2. The normalized spacial score (nSPS) is 14.7. The van der Waals surface area contributed by atoms with Gasteiger partial charge in [0.15, 0.2) is 0 Å². The van der Waals surface area contributed by atoms with Gasteiger partial charge in [-0.05, 0) is 76.4 Å². The number of pyridine rings is 1. The maximum Gasteiger partial charge on any atom is 0.268 e. The van der Waals surface area contributed by atoms with Crippen molar-refractivity contribution in [1.82, 2.24) is 13.9 Å². The fraction of sp³-hybridized carbons (Fsp3) is 0.174. The summed E-state index contributed by atoms with van der Waals surface area (Å²) in [6.07, 6.45) is 2.63. The lowest BCUT2D eigenvalue weighted by Crippen LogP contribution is -2.26. The van der Waals surface area contributed by atoms with Crippen LogP contribution in [0.5, 0.6) is 0 Å². The average Bonchev–Trinajstić information content (AvgIpc) is 3.16. The van der Waals surface area contributed by atoms with Crippen LogP contribution in [0.2, 0.25) is 0 Å². The van der Waals surface area contributed by atoms with Crippen LogP contribution in [-0.4, -0.2) is 35.9 Å². The fourth-order valence-corrected chi connectivity index (χ4v) is 6.07. The van der Waals surface area contributed by atoms with Gasteiger partial charge < -0.3 is 4.90 Å². The molecule has 5 nitrogen and oxygen atoms in total. The first kappa shape index (κ1) is 19.5. The minimum Gasteiger partial charge on any atom is -0.302 e. The number of benzene rings is 2. The number of halogens is 1. The van der Waals surface area contributed by atoms with E-state index in [1.165, 1.54) is 15.1 Å². The van der Waals surface area contributed by atoms with Gasteiger partial charge in [0.2, 0.25) is 0 Å². The van der Waals surface area contributed by atoms with Crippen LogP contribution in [-0.2, 0) is 23.0 Å². The average molecular weight is 482 g/mol. The zero-order valence-corrected chi connectivity index (χ0v) is 18.8. The van der Waals surface area contributed by atoms with Crippen molar-refractivity contribution < 1.29 is 8.42 Å². The Morgan fingerprint density at radius 3 is 2.60 bits per heavy atom. The van der Waals surface area contributed by atoms with E-state index >= 15 is 0 Å². The summed E-state index contributed by atoms with van der Waals surface area (Å²) in [7, 11) is -1.69. The molecule has 2 aromatic heterocycles. The Kier molecular flexibility index (Phi) is 4.76. The Balaban J connectivity index is 1.79. The topological polar surface area (TPSA) is 55.2 Å². The van der Waals surface area contributed by atoms with Crippen molar-refractivity contribution in [3.05, 3.63) is 82.6 Å². The second-order valence-electron chi connectivity index (χ2n) is 7.62. The summed E-state index contributed by atoms with van der Waals surface area (Å²) in [5.74, 6) is 0. The van der Waals surface area contributed by atoms with Crippen molar-refractivity contribution >= 4 is 36.9 Å². The Labute approximate surface area is 184 Å². The van der Waals surface area contributed by atoms with Crippen molar-refractivity contribution in [2.75, 3.05) is 13.6 Å². The molecule has 5 rings (SSSR count). The standard InChI is InChI=1S/C23H20BrN3O2S/c1-26-12-10-16-7-8-17(13-18(16)15-26)22-14-20-21(9-11-25-23(20)24)27(22)30(28,29)19-5-3-2-4-6-19/h2-9,11,13-14H,10,12,15H2,1H3. The zero-order chi connectivity index (χ0) is 20.9. The first-order valence-electron chi connectivity index (χ1n) is 9.72. The molecular weight excluding hydrogens is 462 g/mol. The van der Waals surface area contributed by atoms with Crippen LogP contribution in [0, 0.1) is 0 Å². The van der Waals surface area contributed by atoms with Crippen molar-refractivity contribution in [3.8, 4) is 11.3 Å². The van der Waals surface area contributed by atoms with Gasteiger partial charge in [0, 0.05) is 24.7 Å². The molecule has 0 saturated carbocycles. The van der Waals surface area contributed by atoms with Gasteiger partial charge in [-0.25, -0.2) is 17.4 Å². The third-order valence-corrected chi connectivity index (χ3v) is 8.00. The summed E-state index contributed by atoms with van der Waals surface area (Å²) in [6.45, 7) is 1.90. The Bertz CT molecular complexity index is 1360. The van der Waals surface area contributed by atoms with Crippen molar-refractivity contribution in [2.24, 2.45) is 0 Å². The molecule has 30 heavy (non-hydrogen) atoms. The van der Waals surface area contributed by atoms with Crippen LogP contribution in [0.3, 0.4) is 0 Å². The van der Waals surface area contributed by atoms with Gasteiger partial charge in [-0.2, -0.15) is 0 Å². The van der Waals surface area contributed by atoms with Gasteiger partial charge in [-0.3, -0.25) is 0 Å². The van der Waals surface area contributed by atoms with E-state index in [1.807, 2.05) is 18.2 Å². The second kappa shape index (κ2) is 7.34. The van der Waals surface area contributed by atoms with Crippen LogP contribution in [0.15, 0.2) is 76.4 Å². The van der Waals surface area contributed by atoms with E-state index in [-0.39, 0.29) is 4.90 Å². The Hall–Kier alpha value is -2.48. The first-order valence-corrected chi connectivity index (χ1v) is 12.0. The summed E-state index contributed by atoms with van der Waals surface area (Å²) < 4.78 is 29.4. The number of likely N-dealkylation sites (N-methyl/N-ethyl adjacent to an activating group) is 1. The molecule has 0 aliphatic carbocycles. The lowest BCUT2D eigenvalue weighted by Gasteiger charge is -2.25. The molecule has 0 bridgehead atoms. The molecule has 0 N–H and O–H groups in total. The molecule has 4 aromatic rings. The van der Waals surface area contributed by atoms with Gasteiger partial charge in [0.05, 0.1) is 16.1 Å². The van der Waals surface area contributed by atoms with E-state index < -0.39 is 10.0 Å². The minimum absolute atomic E-state index is 0.259. The highest BCUT2D eigenvalue weighted by molar-refractivity contribution is 9.10. The number of hydrogen-bond donors (Lipinski definition) is 0. The molecule has 0 saturated heterocycles. The largest absolute Gasteiger partial charge is 0.302 e. The van der Waals surface area contributed by atoms with Gasteiger partial charge in [0.1, 0.15) is 4.60 Å². The molecule has 0 amide bonds. The predicted molar refractivity (Wildman–Crippen MR) is 122 cm³/mol. The molecule has 7 heteroatoms. The van der Waals surface area contributed by atoms with Crippen LogP contribution in [0.4, 0.5) is 0 Å². The summed E-state index contributed by atoms with van der Waals surface area (Å²) in [5, 5.41) is 0.766. The smallest absolute Gasteiger partial charge is 0.268 e. The molecular formula is C23H20BrN3O2S. The number of aromatic nitrogens is 2.